The standard InChI is InChI=1S/C15H20N2O.ClH/c1-16(10-7-14-5-3-2-4-6-14)15-8-11-17(13-18)12-9-15;/h2-7,10,13,15H,8-9,11-12H2,1H3;1H. The van der Waals surface area contributed by atoms with Gasteiger partial charge in [-0.05, 0) is 30.7 Å². The Morgan fingerprint density at radius 1 is 1.21 bits per heavy atom. The number of hydrogen-bond acceptors (Lipinski definition) is 2. The Balaban J connectivity index is 0.00000180. The molecule has 1 saturated heterocycles. The molecule has 19 heavy (non-hydrogen) atoms. The molecular weight excluding hydrogens is 260 g/mol. The van der Waals surface area contributed by atoms with Gasteiger partial charge in [-0.2, -0.15) is 0 Å². The Morgan fingerprint density at radius 3 is 2.42 bits per heavy atom. The van der Waals surface area contributed by atoms with Gasteiger partial charge in [-0.25, -0.2) is 0 Å². The van der Waals surface area contributed by atoms with Gasteiger partial charge < -0.3 is 9.80 Å². The number of nitrogens with zero attached hydrogens (tertiary/aromatic N) is 2. The largest absolute Gasteiger partial charge is 0.377 e. The third kappa shape index (κ3) is 4.60. The predicted molar refractivity (Wildman–Crippen MR) is 81.1 cm³/mol. The Labute approximate surface area is 121 Å². The van der Waals surface area contributed by atoms with Crippen LogP contribution >= 0.6 is 12.4 Å². The fraction of sp³-hybridized carbons (Fsp3) is 0.400. The second-order valence-corrected chi connectivity index (χ2v) is 4.76. The minimum atomic E-state index is 0. The molecule has 0 atom stereocenters. The minimum Gasteiger partial charge on any atom is -0.377 e. The zero-order valence-electron chi connectivity index (χ0n) is 11.2. The van der Waals surface area contributed by atoms with E-state index in [1.54, 1.807) is 0 Å². The lowest BCUT2D eigenvalue weighted by atomic mass is 10.0. The summed E-state index contributed by atoms with van der Waals surface area (Å²) in [6, 6.07) is 10.8. The van der Waals surface area contributed by atoms with Crippen molar-refractivity contribution in [1.82, 2.24) is 9.80 Å². The topological polar surface area (TPSA) is 23.6 Å². The number of halogens is 1. The normalized spacial score (nSPS) is 16.2. The van der Waals surface area contributed by atoms with Gasteiger partial charge >= 0.3 is 0 Å². The number of piperidine rings is 1. The van der Waals surface area contributed by atoms with Gasteiger partial charge in [0.2, 0.25) is 6.41 Å². The zero-order chi connectivity index (χ0) is 12.8. The van der Waals surface area contributed by atoms with Crippen LogP contribution in [0.4, 0.5) is 0 Å². The maximum absolute atomic E-state index is 10.6. The summed E-state index contributed by atoms with van der Waals surface area (Å²) >= 11 is 0. The van der Waals surface area contributed by atoms with Crippen LogP contribution in [0.1, 0.15) is 18.4 Å². The van der Waals surface area contributed by atoms with Crippen LogP contribution in [0.2, 0.25) is 0 Å². The van der Waals surface area contributed by atoms with E-state index in [-0.39, 0.29) is 12.4 Å². The molecule has 0 saturated carbocycles. The first-order chi connectivity index (χ1) is 8.79. The van der Waals surface area contributed by atoms with Crippen molar-refractivity contribution in [2.45, 2.75) is 18.9 Å². The molecule has 1 aromatic rings. The van der Waals surface area contributed by atoms with Crippen LogP contribution in [-0.4, -0.2) is 42.4 Å². The van der Waals surface area contributed by atoms with Crippen molar-refractivity contribution in [2.24, 2.45) is 0 Å². The summed E-state index contributed by atoms with van der Waals surface area (Å²) < 4.78 is 0. The second-order valence-electron chi connectivity index (χ2n) is 4.76. The van der Waals surface area contributed by atoms with Crippen molar-refractivity contribution in [1.29, 1.82) is 0 Å². The molecule has 0 aliphatic carbocycles. The fourth-order valence-corrected chi connectivity index (χ4v) is 2.29. The number of carbonyl (C=O) groups is 1. The summed E-state index contributed by atoms with van der Waals surface area (Å²) in [5.41, 5.74) is 1.22. The van der Waals surface area contributed by atoms with E-state index in [1.807, 2.05) is 23.1 Å². The summed E-state index contributed by atoms with van der Waals surface area (Å²) in [5, 5.41) is 0. The Morgan fingerprint density at radius 2 is 1.84 bits per heavy atom. The number of amides is 1. The molecule has 1 heterocycles. The molecular formula is C15H21ClN2O. The van der Waals surface area contributed by atoms with Gasteiger partial charge in [0.05, 0.1) is 0 Å². The van der Waals surface area contributed by atoms with E-state index in [0.29, 0.717) is 6.04 Å². The first-order valence-electron chi connectivity index (χ1n) is 6.44. The van der Waals surface area contributed by atoms with E-state index in [0.717, 1.165) is 32.3 Å². The Hall–Kier alpha value is -1.48. The van der Waals surface area contributed by atoms with Gasteiger partial charge in [-0.15, -0.1) is 12.4 Å². The molecule has 0 radical (unpaired) electrons. The molecule has 104 valence electrons. The summed E-state index contributed by atoms with van der Waals surface area (Å²) in [5.74, 6) is 0. The van der Waals surface area contributed by atoms with Crippen molar-refractivity contribution >= 4 is 24.9 Å². The van der Waals surface area contributed by atoms with Crippen LogP contribution in [0.25, 0.3) is 6.08 Å². The van der Waals surface area contributed by atoms with E-state index >= 15 is 0 Å². The molecule has 0 spiro atoms. The molecule has 3 nitrogen and oxygen atoms in total. The summed E-state index contributed by atoms with van der Waals surface area (Å²) in [7, 11) is 2.11. The maximum Gasteiger partial charge on any atom is 0.209 e. The number of carbonyl (C=O) groups excluding carboxylic acids is 1. The van der Waals surface area contributed by atoms with Gasteiger partial charge in [-0.1, -0.05) is 30.3 Å². The average Bonchev–Trinajstić information content (AvgIpc) is 2.46. The minimum absolute atomic E-state index is 0. The van der Waals surface area contributed by atoms with Gasteiger partial charge in [0.1, 0.15) is 0 Å². The summed E-state index contributed by atoms with van der Waals surface area (Å²) in [6.45, 7) is 1.75. The van der Waals surface area contributed by atoms with Crippen molar-refractivity contribution in [3.63, 3.8) is 0 Å². The Bertz CT molecular complexity index is 400. The first kappa shape index (κ1) is 15.6. The van der Waals surface area contributed by atoms with E-state index < -0.39 is 0 Å². The number of hydrogen-bond donors (Lipinski definition) is 0. The van der Waals surface area contributed by atoms with Crippen molar-refractivity contribution in [2.75, 3.05) is 20.1 Å². The highest BCUT2D eigenvalue weighted by Gasteiger charge is 2.19. The van der Waals surface area contributed by atoms with Gasteiger partial charge in [-0.3, -0.25) is 4.79 Å². The molecule has 0 aromatic heterocycles. The average molecular weight is 281 g/mol. The quantitative estimate of drug-likeness (QED) is 0.792. The summed E-state index contributed by atoms with van der Waals surface area (Å²) in [4.78, 5) is 14.8. The molecule has 1 aromatic carbocycles. The van der Waals surface area contributed by atoms with Crippen LogP contribution < -0.4 is 0 Å². The molecule has 1 amide bonds. The lowest BCUT2D eigenvalue weighted by molar-refractivity contribution is -0.119. The fourth-order valence-electron chi connectivity index (χ4n) is 2.29. The molecule has 0 N–H and O–H groups in total. The number of benzene rings is 1. The molecule has 0 unspecified atom stereocenters. The van der Waals surface area contributed by atoms with Crippen LogP contribution in [-0.2, 0) is 4.79 Å². The molecule has 1 aliphatic heterocycles. The van der Waals surface area contributed by atoms with Gasteiger partial charge in [0, 0.05) is 26.2 Å². The highest BCUT2D eigenvalue weighted by atomic mass is 35.5. The van der Waals surface area contributed by atoms with E-state index in [9.17, 15) is 4.79 Å². The molecule has 4 heteroatoms. The monoisotopic (exact) mass is 280 g/mol. The number of likely N-dealkylation sites (tertiary alicyclic amines) is 1. The molecule has 1 aliphatic rings. The molecule has 2 rings (SSSR count). The molecule has 0 bridgehead atoms. The van der Waals surface area contributed by atoms with E-state index in [1.165, 1.54) is 5.56 Å². The van der Waals surface area contributed by atoms with Crippen molar-refractivity contribution in [3.8, 4) is 0 Å². The Kier molecular flexibility index (Phi) is 6.43. The van der Waals surface area contributed by atoms with Crippen LogP contribution in [0.5, 0.6) is 0 Å². The van der Waals surface area contributed by atoms with Crippen molar-refractivity contribution < 1.29 is 4.79 Å². The highest BCUT2D eigenvalue weighted by Crippen LogP contribution is 2.15. The van der Waals surface area contributed by atoms with E-state index in [4.69, 9.17) is 0 Å². The van der Waals surface area contributed by atoms with Crippen LogP contribution in [0.3, 0.4) is 0 Å². The SMILES string of the molecule is CN(C=Cc1ccccc1)C1CCN(C=O)CC1.Cl. The second kappa shape index (κ2) is 7.85. The highest BCUT2D eigenvalue weighted by molar-refractivity contribution is 5.85. The lowest BCUT2D eigenvalue weighted by Crippen LogP contribution is -2.40. The smallest absolute Gasteiger partial charge is 0.209 e. The van der Waals surface area contributed by atoms with Crippen LogP contribution in [0.15, 0.2) is 36.5 Å². The third-order valence-corrected chi connectivity index (χ3v) is 3.53. The number of rotatable bonds is 4. The third-order valence-electron chi connectivity index (χ3n) is 3.53. The van der Waals surface area contributed by atoms with Crippen molar-refractivity contribution in [3.05, 3.63) is 42.1 Å². The van der Waals surface area contributed by atoms with Gasteiger partial charge in [0.15, 0.2) is 0 Å². The summed E-state index contributed by atoms with van der Waals surface area (Å²) in [6.07, 6.45) is 7.32. The van der Waals surface area contributed by atoms with Crippen LogP contribution in [0, 0.1) is 0 Å². The van der Waals surface area contributed by atoms with Gasteiger partial charge in [0.25, 0.3) is 0 Å². The predicted octanol–water partition coefficient (Wildman–Crippen LogP) is 2.63. The lowest BCUT2D eigenvalue weighted by Gasteiger charge is -2.34. The van der Waals surface area contributed by atoms with E-state index in [2.05, 4.69) is 36.4 Å². The zero-order valence-corrected chi connectivity index (χ0v) is 12.1. The maximum atomic E-state index is 10.6. The molecule has 1 fully saturated rings. The first-order valence-corrected chi connectivity index (χ1v) is 6.44.